The maximum absolute atomic E-state index is 4.37. The second-order valence-electron chi connectivity index (χ2n) is 3.43. The van der Waals surface area contributed by atoms with Gasteiger partial charge in [-0.25, -0.2) is 4.98 Å². The topological polar surface area (TPSA) is 25.8 Å². The largest absolute Gasteiger partial charge is 0.255 e. The summed E-state index contributed by atoms with van der Waals surface area (Å²) in [5.41, 5.74) is 1.01. The summed E-state index contributed by atoms with van der Waals surface area (Å²) in [4.78, 5) is 9.81. The van der Waals surface area contributed by atoms with Gasteiger partial charge in [-0.1, -0.05) is 19.9 Å². The summed E-state index contributed by atoms with van der Waals surface area (Å²) >= 11 is 1.72. The highest BCUT2D eigenvalue weighted by Gasteiger charge is 2.07. The van der Waals surface area contributed by atoms with E-state index in [9.17, 15) is 0 Å². The third-order valence-electron chi connectivity index (χ3n) is 1.93. The Hall–Kier alpha value is -1.22. The molecule has 0 saturated carbocycles. The first-order chi connectivity index (χ1) is 6.77. The standard InChI is InChI=1S/C11H12N2S/c1-8(2)11-13-7-10(14-11)9-5-3-4-6-12-9/h3-8H,1-2H3. The Bertz CT molecular complexity index is 406. The van der Waals surface area contributed by atoms with Crippen LogP contribution in [0.1, 0.15) is 24.8 Å². The molecule has 72 valence electrons. The molecule has 2 rings (SSSR count). The molecule has 0 aliphatic carbocycles. The Kier molecular flexibility index (Phi) is 2.59. The first-order valence-electron chi connectivity index (χ1n) is 4.64. The van der Waals surface area contributed by atoms with Crippen LogP contribution in [0.25, 0.3) is 10.6 Å². The lowest BCUT2D eigenvalue weighted by Crippen LogP contribution is -1.81. The third kappa shape index (κ3) is 1.82. The van der Waals surface area contributed by atoms with Gasteiger partial charge in [0, 0.05) is 18.3 Å². The highest BCUT2D eigenvalue weighted by molar-refractivity contribution is 7.15. The van der Waals surface area contributed by atoms with Gasteiger partial charge in [-0.3, -0.25) is 4.98 Å². The maximum Gasteiger partial charge on any atom is 0.0957 e. The molecule has 0 atom stereocenters. The van der Waals surface area contributed by atoms with Gasteiger partial charge in [0.05, 0.1) is 15.6 Å². The van der Waals surface area contributed by atoms with Crippen molar-refractivity contribution in [2.45, 2.75) is 19.8 Å². The number of thiazole rings is 1. The molecule has 2 aromatic rings. The lowest BCUT2D eigenvalue weighted by Gasteiger charge is -1.96. The number of rotatable bonds is 2. The molecule has 2 heterocycles. The van der Waals surface area contributed by atoms with E-state index in [1.807, 2.05) is 30.6 Å². The molecule has 0 fully saturated rings. The molecule has 0 unspecified atom stereocenters. The van der Waals surface area contributed by atoms with Gasteiger partial charge in [0.1, 0.15) is 0 Å². The van der Waals surface area contributed by atoms with Crippen molar-refractivity contribution in [3.05, 3.63) is 35.6 Å². The first-order valence-corrected chi connectivity index (χ1v) is 5.46. The molecule has 0 amide bonds. The van der Waals surface area contributed by atoms with Crippen molar-refractivity contribution in [2.75, 3.05) is 0 Å². The summed E-state index contributed by atoms with van der Waals surface area (Å²) in [6.45, 7) is 4.31. The van der Waals surface area contributed by atoms with Crippen LogP contribution < -0.4 is 0 Å². The number of hydrogen-bond donors (Lipinski definition) is 0. The zero-order valence-corrected chi connectivity index (χ0v) is 9.08. The van der Waals surface area contributed by atoms with Gasteiger partial charge in [0.25, 0.3) is 0 Å². The number of nitrogens with zero attached hydrogens (tertiary/aromatic N) is 2. The molecule has 3 heteroatoms. The zero-order valence-electron chi connectivity index (χ0n) is 8.27. The molecular weight excluding hydrogens is 192 g/mol. The molecule has 0 spiro atoms. The van der Waals surface area contributed by atoms with Crippen molar-refractivity contribution in [3.8, 4) is 10.6 Å². The number of aromatic nitrogens is 2. The number of hydrogen-bond acceptors (Lipinski definition) is 3. The van der Waals surface area contributed by atoms with E-state index in [4.69, 9.17) is 0 Å². The minimum atomic E-state index is 0.498. The van der Waals surface area contributed by atoms with E-state index in [1.165, 1.54) is 5.01 Å². The fraction of sp³-hybridized carbons (Fsp3) is 0.273. The van der Waals surface area contributed by atoms with Crippen LogP contribution in [0.4, 0.5) is 0 Å². The summed E-state index contributed by atoms with van der Waals surface area (Å²) < 4.78 is 0. The van der Waals surface area contributed by atoms with Gasteiger partial charge >= 0.3 is 0 Å². The Morgan fingerprint density at radius 3 is 2.64 bits per heavy atom. The monoisotopic (exact) mass is 204 g/mol. The van der Waals surface area contributed by atoms with Gasteiger partial charge < -0.3 is 0 Å². The predicted octanol–water partition coefficient (Wildman–Crippen LogP) is 3.33. The Morgan fingerprint density at radius 2 is 2.07 bits per heavy atom. The van der Waals surface area contributed by atoms with E-state index in [0.717, 1.165) is 10.6 Å². The molecule has 0 N–H and O–H groups in total. The van der Waals surface area contributed by atoms with E-state index in [2.05, 4.69) is 23.8 Å². The van der Waals surface area contributed by atoms with E-state index in [0.29, 0.717) is 5.92 Å². The summed E-state index contributed by atoms with van der Waals surface area (Å²) in [6, 6.07) is 5.93. The fourth-order valence-corrected chi connectivity index (χ4v) is 2.08. The average Bonchev–Trinajstić information content (AvgIpc) is 2.68. The number of pyridine rings is 1. The Labute approximate surface area is 87.7 Å². The van der Waals surface area contributed by atoms with E-state index < -0.39 is 0 Å². The molecule has 0 radical (unpaired) electrons. The lowest BCUT2D eigenvalue weighted by atomic mass is 10.2. The maximum atomic E-state index is 4.37. The van der Waals surface area contributed by atoms with E-state index in [-0.39, 0.29) is 0 Å². The smallest absolute Gasteiger partial charge is 0.0957 e. The molecule has 2 nitrogen and oxygen atoms in total. The Morgan fingerprint density at radius 1 is 1.21 bits per heavy atom. The first kappa shape index (κ1) is 9.34. The normalized spacial score (nSPS) is 10.8. The van der Waals surface area contributed by atoms with Crippen molar-refractivity contribution in [1.29, 1.82) is 0 Å². The predicted molar refractivity (Wildman–Crippen MR) is 59.4 cm³/mol. The van der Waals surface area contributed by atoms with Gasteiger partial charge in [0.15, 0.2) is 0 Å². The summed E-state index contributed by atoms with van der Waals surface area (Å²) in [6.07, 6.45) is 3.71. The summed E-state index contributed by atoms with van der Waals surface area (Å²) in [7, 11) is 0. The molecule has 2 aromatic heterocycles. The minimum absolute atomic E-state index is 0.498. The van der Waals surface area contributed by atoms with Crippen molar-refractivity contribution in [3.63, 3.8) is 0 Å². The third-order valence-corrected chi connectivity index (χ3v) is 3.26. The second kappa shape index (κ2) is 3.88. The van der Waals surface area contributed by atoms with Crippen molar-refractivity contribution < 1.29 is 0 Å². The van der Waals surface area contributed by atoms with E-state index >= 15 is 0 Å². The van der Waals surface area contributed by atoms with Crippen LogP contribution in [0.3, 0.4) is 0 Å². The lowest BCUT2D eigenvalue weighted by molar-refractivity contribution is 0.852. The average molecular weight is 204 g/mol. The van der Waals surface area contributed by atoms with Crippen LogP contribution in [0.2, 0.25) is 0 Å². The van der Waals surface area contributed by atoms with Crippen molar-refractivity contribution >= 4 is 11.3 Å². The Balaban J connectivity index is 2.34. The van der Waals surface area contributed by atoms with Crippen LogP contribution in [0, 0.1) is 0 Å². The second-order valence-corrected chi connectivity index (χ2v) is 4.49. The molecule has 0 aromatic carbocycles. The molecule has 0 aliphatic rings. The van der Waals surface area contributed by atoms with Gasteiger partial charge in [-0.05, 0) is 12.1 Å². The van der Waals surface area contributed by atoms with Gasteiger partial charge in [-0.15, -0.1) is 11.3 Å². The highest BCUT2D eigenvalue weighted by atomic mass is 32.1. The van der Waals surface area contributed by atoms with Crippen LogP contribution in [0.15, 0.2) is 30.6 Å². The summed E-state index contributed by atoms with van der Waals surface area (Å²) in [5.74, 6) is 0.498. The highest BCUT2D eigenvalue weighted by Crippen LogP contribution is 2.27. The van der Waals surface area contributed by atoms with Crippen LogP contribution >= 0.6 is 11.3 Å². The molecular formula is C11H12N2S. The van der Waals surface area contributed by atoms with Crippen molar-refractivity contribution in [2.24, 2.45) is 0 Å². The SMILES string of the molecule is CC(C)c1ncc(-c2ccccn2)s1. The molecule has 0 saturated heterocycles. The minimum Gasteiger partial charge on any atom is -0.255 e. The van der Waals surface area contributed by atoms with Gasteiger partial charge in [0.2, 0.25) is 0 Å². The molecule has 0 bridgehead atoms. The van der Waals surface area contributed by atoms with Gasteiger partial charge in [-0.2, -0.15) is 0 Å². The van der Waals surface area contributed by atoms with Crippen molar-refractivity contribution in [1.82, 2.24) is 9.97 Å². The molecule has 0 aliphatic heterocycles. The summed E-state index contributed by atoms with van der Waals surface area (Å²) in [5, 5.41) is 1.17. The van der Waals surface area contributed by atoms with Crippen LogP contribution in [-0.2, 0) is 0 Å². The molecule has 14 heavy (non-hydrogen) atoms. The zero-order chi connectivity index (χ0) is 9.97. The van der Waals surface area contributed by atoms with Crippen LogP contribution in [-0.4, -0.2) is 9.97 Å². The van der Waals surface area contributed by atoms with E-state index in [1.54, 1.807) is 11.3 Å². The quantitative estimate of drug-likeness (QED) is 0.750. The fourth-order valence-electron chi connectivity index (χ4n) is 1.18. The van der Waals surface area contributed by atoms with Crippen LogP contribution in [0.5, 0.6) is 0 Å².